The summed E-state index contributed by atoms with van der Waals surface area (Å²) < 4.78 is 58.1. The Morgan fingerprint density at radius 2 is 2.00 bits per heavy atom. The number of ether oxygens (including phenoxy) is 1. The number of pyridine rings is 2. The van der Waals surface area contributed by atoms with Gasteiger partial charge >= 0.3 is 0 Å². The first-order valence-corrected chi connectivity index (χ1v) is 10.1. The van der Waals surface area contributed by atoms with Crippen LogP contribution >= 0.6 is 0 Å². The summed E-state index contributed by atoms with van der Waals surface area (Å²) in [6.07, 6.45) is -1.76. The number of hydrogen-bond acceptors (Lipinski definition) is 5. The molecule has 0 saturated carbocycles. The largest absolute Gasteiger partial charge is 0.491 e. The highest BCUT2D eigenvalue weighted by atomic mass is 19.3. The first kappa shape index (κ1) is 22.0. The van der Waals surface area contributed by atoms with E-state index < -0.39 is 24.5 Å². The molecule has 1 aliphatic heterocycles. The van der Waals surface area contributed by atoms with Gasteiger partial charge in [0.25, 0.3) is 18.8 Å². The third kappa shape index (κ3) is 4.67. The first-order chi connectivity index (χ1) is 15.3. The Bertz CT molecular complexity index is 1110. The van der Waals surface area contributed by atoms with Gasteiger partial charge in [0.15, 0.2) is 0 Å². The van der Waals surface area contributed by atoms with E-state index in [4.69, 9.17) is 4.74 Å². The van der Waals surface area contributed by atoms with Crippen molar-refractivity contribution in [2.24, 2.45) is 0 Å². The van der Waals surface area contributed by atoms with Crippen LogP contribution in [0.1, 0.15) is 41.1 Å². The van der Waals surface area contributed by atoms with Gasteiger partial charge < -0.3 is 14.5 Å². The van der Waals surface area contributed by atoms with Crippen LogP contribution in [0, 0.1) is 0 Å². The van der Waals surface area contributed by atoms with Crippen molar-refractivity contribution in [3.63, 3.8) is 0 Å². The quantitative estimate of drug-likeness (QED) is 0.525. The average molecular weight is 451 g/mol. The number of nitrogens with one attached hydrogen (secondary N) is 1. The highest BCUT2D eigenvalue weighted by Crippen LogP contribution is 2.31. The second-order valence-electron chi connectivity index (χ2n) is 7.42. The van der Waals surface area contributed by atoms with Gasteiger partial charge in [0.1, 0.15) is 28.5 Å². The number of likely N-dealkylation sites (tertiary alicyclic amines) is 1. The Morgan fingerprint density at radius 1 is 1.22 bits per heavy atom. The Hall–Kier alpha value is -3.21. The first-order valence-electron chi connectivity index (χ1n) is 10.1. The molecular weight excluding hydrogens is 430 g/mol. The fourth-order valence-corrected chi connectivity index (χ4v) is 3.59. The minimum Gasteiger partial charge on any atom is -0.491 e. The normalized spacial score (nSPS) is 14.8. The molecule has 1 amide bonds. The molecule has 0 aromatic carbocycles. The molecule has 0 radical (unpaired) electrons. The molecule has 0 bridgehead atoms. The molecule has 1 N–H and O–H groups in total. The molecule has 1 saturated heterocycles. The number of halogens is 4. The van der Waals surface area contributed by atoms with Crippen LogP contribution in [0.3, 0.4) is 0 Å². The second kappa shape index (κ2) is 9.11. The van der Waals surface area contributed by atoms with E-state index in [1.54, 1.807) is 34.7 Å². The second-order valence-corrected chi connectivity index (χ2v) is 7.42. The third-order valence-electron chi connectivity index (χ3n) is 5.12. The number of fused-ring (bicyclic) bond motifs is 1. The minimum absolute atomic E-state index is 0.0449. The van der Waals surface area contributed by atoms with E-state index in [2.05, 4.69) is 15.3 Å². The molecule has 3 aromatic rings. The lowest BCUT2D eigenvalue weighted by molar-refractivity contribution is 0.0459. The molecule has 3 aromatic heterocycles. The highest BCUT2D eigenvalue weighted by molar-refractivity contribution is 6.03. The predicted octanol–water partition coefficient (Wildman–Crippen LogP) is 3.98. The molecule has 0 atom stereocenters. The van der Waals surface area contributed by atoms with Crippen LogP contribution in [-0.4, -0.2) is 57.8 Å². The monoisotopic (exact) mass is 451 g/mol. The molecular formula is C21H21F4N5O2. The van der Waals surface area contributed by atoms with E-state index >= 15 is 0 Å². The summed E-state index contributed by atoms with van der Waals surface area (Å²) in [6.45, 7) is 2.86. The summed E-state index contributed by atoms with van der Waals surface area (Å²) in [6, 6.07) is 5.49. The smallest absolute Gasteiger partial charge is 0.280 e. The number of aromatic nitrogens is 3. The number of alkyl halides is 4. The van der Waals surface area contributed by atoms with E-state index in [1.165, 1.54) is 12.1 Å². The van der Waals surface area contributed by atoms with Gasteiger partial charge in [-0.3, -0.25) is 9.69 Å². The zero-order valence-corrected chi connectivity index (χ0v) is 17.1. The Labute approximate surface area is 181 Å². The number of hydrogen-bond donors (Lipinski definition) is 1. The summed E-state index contributed by atoms with van der Waals surface area (Å²) in [4.78, 5) is 22.5. The Balaban J connectivity index is 1.56. The maximum Gasteiger partial charge on any atom is 0.280 e. The standard InChI is InChI=1S/C21H21F4N5O2/c1-2-32-17-6-19-27-15(12-7-29(8-12)11-18(22)23)9-30(19)10-16(17)28-21(31)14-5-3-4-13(26-14)20(24)25/h3-6,9-10,12,18,20H,2,7-8,11H2,1H3,(H,28,31). The maximum atomic E-state index is 12.9. The van der Waals surface area contributed by atoms with E-state index in [9.17, 15) is 22.4 Å². The van der Waals surface area contributed by atoms with Crippen molar-refractivity contribution >= 4 is 17.2 Å². The molecule has 1 aliphatic rings. The van der Waals surface area contributed by atoms with Crippen molar-refractivity contribution in [1.82, 2.24) is 19.3 Å². The average Bonchev–Trinajstić information content (AvgIpc) is 3.12. The molecule has 0 unspecified atom stereocenters. The number of anilines is 1. The van der Waals surface area contributed by atoms with Gasteiger partial charge in [0.2, 0.25) is 0 Å². The van der Waals surface area contributed by atoms with Crippen LogP contribution in [-0.2, 0) is 0 Å². The van der Waals surface area contributed by atoms with Gasteiger partial charge in [-0.2, -0.15) is 0 Å². The molecule has 1 fully saturated rings. The highest BCUT2D eigenvalue weighted by Gasteiger charge is 2.31. The van der Waals surface area contributed by atoms with E-state index in [1.807, 2.05) is 0 Å². The maximum absolute atomic E-state index is 12.9. The van der Waals surface area contributed by atoms with Gasteiger partial charge in [0.05, 0.1) is 18.8 Å². The topological polar surface area (TPSA) is 71.8 Å². The van der Waals surface area contributed by atoms with Gasteiger partial charge in [-0.1, -0.05) is 6.07 Å². The lowest BCUT2D eigenvalue weighted by Gasteiger charge is -2.37. The molecule has 7 nitrogen and oxygen atoms in total. The van der Waals surface area contributed by atoms with Crippen LogP contribution in [0.2, 0.25) is 0 Å². The van der Waals surface area contributed by atoms with Crippen molar-refractivity contribution in [3.8, 4) is 5.75 Å². The van der Waals surface area contributed by atoms with Crippen LogP contribution in [0.4, 0.5) is 23.2 Å². The molecule has 4 heterocycles. The summed E-state index contributed by atoms with van der Waals surface area (Å²) in [5.41, 5.74) is 1.02. The molecule has 0 aliphatic carbocycles. The van der Waals surface area contributed by atoms with Crippen LogP contribution in [0.15, 0.2) is 36.7 Å². The van der Waals surface area contributed by atoms with Gasteiger partial charge in [-0.05, 0) is 19.1 Å². The fourth-order valence-electron chi connectivity index (χ4n) is 3.59. The van der Waals surface area contributed by atoms with Crippen molar-refractivity contribution in [2.75, 3.05) is 31.6 Å². The molecule has 32 heavy (non-hydrogen) atoms. The van der Waals surface area contributed by atoms with E-state index in [0.29, 0.717) is 36.8 Å². The third-order valence-corrected chi connectivity index (χ3v) is 5.12. The Morgan fingerprint density at radius 3 is 2.69 bits per heavy atom. The molecule has 4 rings (SSSR count). The summed E-state index contributed by atoms with van der Waals surface area (Å²) in [5, 5.41) is 2.65. The Kier molecular flexibility index (Phi) is 6.26. The fraction of sp³-hybridized carbons (Fsp3) is 0.381. The predicted molar refractivity (Wildman–Crippen MR) is 109 cm³/mol. The van der Waals surface area contributed by atoms with Gasteiger partial charge in [-0.25, -0.2) is 27.5 Å². The van der Waals surface area contributed by atoms with Crippen LogP contribution in [0.25, 0.3) is 5.65 Å². The number of carbonyl (C=O) groups is 1. The molecule has 11 heteroatoms. The van der Waals surface area contributed by atoms with Crippen molar-refractivity contribution in [1.29, 1.82) is 0 Å². The van der Waals surface area contributed by atoms with E-state index in [0.717, 1.165) is 11.8 Å². The van der Waals surface area contributed by atoms with Gasteiger partial charge in [-0.15, -0.1) is 0 Å². The summed E-state index contributed by atoms with van der Waals surface area (Å²) in [7, 11) is 0. The van der Waals surface area contributed by atoms with Crippen LogP contribution < -0.4 is 10.1 Å². The van der Waals surface area contributed by atoms with Crippen molar-refractivity contribution < 1.29 is 27.1 Å². The van der Waals surface area contributed by atoms with Gasteiger partial charge in [0, 0.05) is 37.5 Å². The lowest BCUT2D eigenvalue weighted by Crippen LogP contribution is -2.47. The van der Waals surface area contributed by atoms with Crippen molar-refractivity contribution in [3.05, 3.63) is 53.7 Å². The minimum atomic E-state index is -2.79. The number of carbonyl (C=O) groups excluding carboxylic acids is 1. The molecule has 0 spiro atoms. The zero-order valence-electron chi connectivity index (χ0n) is 17.1. The van der Waals surface area contributed by atoms with Crippen molar-refractivity contribution in [2.45, 2.75) is 25.7 Å². The zero-order chi connectivity index (χ0) is 22.8. The number of nitrogens with zero attached hydrogens (tertiary/aromatic N) is 4. The number of imidazole rings is 1. The lowest BCUT2D eigenvalue weighted by atomic mass is 9.97. The summed E-state index contributed by atoms with van der Waals surface area (Å²) >= 11 is 0. The SMILES string of the molecule is CCOc1cc2nc(C3CN(CC(F)F)C3)cn2cc1NC(=O)c1cccc(C(F)F)n1. The number of rotatable bonds is 8. The number of amides is 1. The van der Waals surface area contributed by atoms with Crippen LogP contribution in [0.5, 0.6) is 5.75 Å². The summed E-state index contributed by atoms with van der Waals surface area (Å²) in [5.74, 6) is -0.248. The van der Waals surface area contributed by atoms with E-state index in [-0.39, 0.29) is 18.2 Å². The molecule has 170 valence electrons.